The first kappa shape index (κ1) is 18.0. The van der Waals surface area contributed by atoms with E-state index in [0.717, 1.165) is 4.47 Å². The second kappa shape index (κ2) is 6.36. The summed E-state index contributed by atoms with van der Waals surface area (Å²) in [5.74, 6) is -0.874. The minimum Gasteiger partial charge on any atom is -0.477 e. The third-order valence-corrected chi connectivity index (χ3v) is 13.0. The van der Waals surface area contributed by atoms with Gasteiger partial charge in [0.2, 0.25) is 0 Å². The Labute approximate surface area is 139 Å². The first-order chi connectivity index (χ1) is 9.08. The first-order valence-electron chi connectivity index (χ1n) is 6.88. The van der Waals surface area contributed by atoms with E-state index in [2.05, 4.69) is 77.6 Å². The SMILES string of the molecule is CC(C)[Si](C(C)C)(C(C)C)n1cc(Br)c(Br)c1C(=O)O. The summed E-state index contributed by atoms with van der Waals surface area (Å²) < 4.78 is 3.54. The van der Waals surface area contributed by atoms with Crippen LogP contribution < -0.4 is 0 Å². The lowest BCUT2D eigenvalue weighted by Gasteiger charge is -2.44. The predicted molar refractivity (Wildman–Crippen MR) is 93.2 cm³/mol. The molecule has 1 N–H and O–H groups in total. The van der Waals surface area contributed by atoms with Crippen LogP contribution in [0.15, 0.2) is 15.1 Å². The van der Waals surface area contributed by atoms with E-state index in [-0.39, 0.29) is 0 Å². The lowest BCUT2D eigenvalue weighted by Crippen LogP contribution is -2.52. The fourth-order valence-electron chi connectivity index (χ4n) is 3.79. The molecule has 6 heteroatoms. The zero-order chi connectivity index (χ0) is 15.8. The largest absolute Gasteiger partial charge is 0.477 e. The van der Waals surface area contributed by atoms with Crippen LogP contribution in [0.4, 0.5) is 0 Å². The Morgan fingerprint density at radius 1 is 1.10 bits per heavy atom. The predicted octanol–water partition coefficient (Wildman–Crippen LogP) is 5.73. The molecule has 1 rings (SSSR count). The highest BCUT2D eigenvalue weighted by Crippen LogP contribution is 2.45. The van der Waals surface area contributed by atoms with Crippen molar-refractivity contribution in [1.29, 1.82) is 0 Å². The molecular weight excluding hydrogens is 402 g/mol. The summed E-state index contributed by atoms with van der Waals surface area (Å²) >= 11 is 6.88. The van der Waals surface area contributed by atoms with E-state index in [1.54, 1.807) is 0 Å². The van der Waals surface area contributed by atoms with Gasteiger partial charge < -0.3 is 9.34 Å². The average Bonchev–Trinajstić information content (AvgIpc) is 2.54. The molecule has 0 bridgehead atoms. The maximum absolute atomic E-state index is 11.7. The van der Waals surface area contributed by atoms with Crippen LogP contribution >= 0.6 is 31.9 Å². The summed E-state index contributed by atoms with van der Waals surface area (Å²) in [4.78, 5) is 11.7. The lowest BCUT2D eigenvalue weighted by atomic mass is 10.4. The Balaban J connectivity index is 3.75. The molecule has 0 fully saturated rings. The smallest absolute Gasteiger partial charge is 0.352 e. The molecule has 114 valence electrons. The summed E-state index contributed by atoms with van der Waals surface area (Å²) in [6.45, 7) is 13.3. The molecule has 3 nitrogen and oxygen atoms in total. The standard InChI is InChI=1S/C14H23Br2NO2Si/c1-8(2)20(9(3)4,10(5)6)17-7-11(15)12(16)13(17)14(18)19/h7-10H,1-6H3,(H,18,19). The van der Waals surface area contributed by atoms with E-state index in [1.807, 2.05) is 6.20 Å². The average molecular weight is 425 g/mol. The number of hydrogen-bond acceptors (Lipinski definition) is 1. The molecule has 1 heterocycles. The molecule has 0 aliphatic heterocycles. The maximum atomic E-state index is 11.7. The van der Waals surface area contributed by atoms with Gasteiger partial charge in [0.15, 0.2) is 8.24 Å². The lowest BCUT2D eigenvalue weighted by molar-refractivity contribution is 0.0688. The molecule has 0 radical (unpaired) electrons. The first-order valence-corrected chi connectivity index (χ1v) is 10.6. The molecule has 0 atom stereocenters. The van der Waals surface area contributed by atoms with Crippen LogP contribution in [-0.4, -0.2) is 23.5 Å². The number of halogens is 2. The number of carbonyl (C=O) groups is 1. The van der Waals surface area contributed by atoms with Crippen LogP contribution in [0.1, 0.15) is 52.0 Å². The topological polar surface area (TPSA) is 42.2 Å². The van der Waals surface area contributed by atoms with Crippen LogP contribution in [0.5, 0.6) is 0 Å². The van der Waals surface area contributed by atoms with Crippen LogP contribution in [0.2, 0.25) is 16.6 Å². The van der Waals surface area contributed by atoms with Gasteiger partial charge in [0.05, 0.1) is 4.47 Å². The van der Waals surface area contributed by atoms with Gasteiger partial charge in [-0.05, 0) is 48.5 Å². The van der Waals surface area contributed by atoms with Crippen molar-refractivity contribution in [2.45, 2.75) is 58.2 Å². The van der Waals surface area contributed by atoms with Gasteiger partial charge in [-0.15, -0.1) is 0 Å². The Hall–Kier alpha value is -0.0731. The second-order valence-corrected chi connectivity index (χ2v) is 13.5. The van der Waals surface area contributed by atoms with E-state index in [9.17, 15) is 9.90 Å². The van der Waals surface area contributed by atoms with E-state index in [0.29, 0.717) is 26.8 Å². The van der Waals surface area contributed by atoms with Crippen LogP contribution in [-0.2, 0) is 0 Å². The van der Waals surface area contributed by atoms with Gasteiger partial charge in [-0.3, -0.25) is 0 Å². The molecule has 0 saturated carbocycles. The van der Waals surface area contributed by atoms with Gasteiger partial charge in [0.25, 0.3) is 0 Å². The van der Waals surface area contributed by atoms with Crippen molar-refractivity contribution in [3.63, 3.8) is 0 Å². The third kappa shape index (κ3) is 2.66. The molecule has 0 unspecified atom stereocenters. The molecule has 20 heavy (non-hydrogen) atoms. The number of aromatic carboxylic acids is 1. The van der Waals surface area contributed by atoms with Crippen molar-refractivity contribution in [1.82, 2.24) is 4.23 Å². The van der Waals surface area contributed by atoms with E-state index in [4.69, 9.17) is 0 Å². The van der Waals surface area contributed by atoms with E-state index >= 15 is 0 Å². The summed E-state index contributed by atoms with van der Waals surface area (Å²) in [5.41, 5.74) is 1.73. The van der Waals surface area contributed by atoms with Gasteiger partial charge >= 0.3 is 5.97 Å². The van der Waals surface area contributed by atoms with Crippen LogP contribution in [0.25, 0.3) is 0 Å². The fourth-order valence-corrected chi connectivity index (χ4v) is 11.6. The minimum atomic E-state index is -2.05. The Morgan fingerprint density at radius 3 is 1.80 bits per heavy atom. The van der Waals surface area contributed by atoms with Crippen molar-refractivity contribution in [3.8, 4) is 0 Å². The van der Waals surface area contributed by atoms with Crippen molar-refractivity contribution in [2.75, 3.05) is 0 Å². The van der Waals surface area contributed by atoms with Gasteiger partial charge in [-0.2, -0.15) is 0 Å². The Morgan fingerprint density at radius 2 is 1.50 bits per heavy atom. The molecule has 0 spiro atoms. The molecule has 0 aliphatic carbocycles. The fraction of sp³-hybridized carbons (Fsp3) is 0.643. The Kier molecular flexibility index (Phi) is 5.72. The molecule has 0 amide bonds. The van der Waals surface area contributed by atoms with Gasteiger partial charge in [-0.1, -0.05) is 41.5 Å². The monoisotopic (exact) mass is 423 g/mol. The Bertz CT molecular complexity index is 488. The quantitative estimate of drug-likeness (QED) is 0.612. The highest BCUT2D eigenvalue weighted by Gasteiger charge is 2.47. The highest BCUT2D eigenvalue weighted by atomic mass is 79.9. The van der Waals surface area contributed by atoms with E-state index in [1.165, 1.54) is 0 Å². The summed E-state index contributed by atoms with van der Waals surface area (Å²) in [7, 11) is -2.05. The minimum absolute atomic E-state index is 0.375. The number of carboxylic acids is 1. The highest BCUT2D eigenvalue weighted by molar-refractivity contribution is 9.13. The van der Waals surface area contributed by atoms with Crippen LogP contribution in [0, 0.1) is 0 Å². The van der Waals surface area contributed by atoms with Crippen molar-refractivity contribution in [3.05, 3.63) is 20.8 Å². The second-order valence-electron chi connectivity index (χ2n) is 6.17. The van der Waals surface area contributed by atoms with Crippen molar-refractivity contribution >= 4 is 46.1 Å². The molecule has 0 aliphatic rings. The number of nitrogens with zero attached hydrogens (tertiary/aromatic N) is 1. The molecule has 1 aromatic heterocycles. The number of carboxylic acid groups (broad SMARTS) is 1. The zero-order valence-corrected chi connectivity index (χ0v) is 17.0. The number of hydrogen-bond donors (Lipinski definition) is 1. The number of aromatic nitrogens is 1. The summed E-state index contributed by atoms with van der Waals surface area (Å²) in [6, 6.07) is 0. The van der Waals surface area contributed by atoms with E-state index < -0.39 is 14.2 Å². The zero-order valence-electron chi connectivity index (χ0n) is 12.9. The van der Waals surface area contributed by atoms with Gasteiger partial charge in [0, 0.05) is 10.7 Å². The molecule has 1 aromatic rings. The van der Waals surface area contributed by atoms with Crippen LogP contribution in [0.3, 0.4) is 0 Å². The number of rotatable bonds is 5. The molecule has 0 aromatic carbocycles. The summed E-state index contributed by atoms with van der Waals surface area (Å²) in [5, 5.41) is 9.62. The summed E-state index contributed by atoms with van der Waals surface area (Å²) in [6.07, 6.45) is 1.96. The normalized spacial score (nSPS) is 12.8. The van der Waals surface area contributed by atoms with Gasteiger partial charge in [-0.25, -0.2) is 4.79 Å². The van der Waals surface area contributed by atoms with Gasteiger partial charge in [0.1, 0.15) is 5.69 Å². The molecular formula is C14H23Br2NO2Si. The molecule has 0 saturated heterocycles. The maximum Gasteiger partial charge on any atom is 0.352 e. The van der Waals surface area contributed by atoms with Crippen molar-refractivity contribution < 1.29 is 9.90 Å². The van der Waals surface area contributed by atoms with Crippen molar-refractivity contribution in [2.24, 2.45) is 0 Å². The third-order valence-electron chi connectivity index (χ3n) is 4.30.